The first-order valence-electron chi connectivity index (χ1n) is 7.80. The van der Waals surface area contributed by atoms with Gasteiger partial charge in [-0.05, 0) is 49.2 Å². The van der Waals surface area contributed by atoms with Gasteiger partial charge >= 0.3 is 0 Å². The molecule has 1 atom stereocenters. The van der Waals surface area contributed by atoms with Crippen LogP contribution in [0.3, 0.4) is 0 Å². The number of nitrogens with zero attached hydrogens (tertiary/aromatic N) is 1. The van der Waals surface area contributed by atoms with Crippen molar-refractivity contribution in [3.05, 3.63) is 58.6 Å². The van der Waals surface area contributed by atoms with Crippen molar-refractivity contribution in [1.29, 1.82) is 5.26 Å². The van der Waals surface area contributed by atoms with Gasteiger partial charge in [-0.2, -0.15) is 5.26 Å². The largest absolute Gasteiger partial charge is 0.497 e. The van der Waals surface area contributed by atoms with Gasteiger partial charge in [-0.3, -0.25) is 4.79 Å². The van der Waals surface area contributed by atoms with Crippen LogP contribution < -0.4 is 14.8 Å². The zero-order valence-corrected chi connectivity index (χ0v) is 14.8. The van der Waals surface area contributed by atoms with Crippen molar-refractivity contribution in [1.82, 2.24) is 5.32 Å². The van der Waals surface area contributed by atoms with Gasteiger partial charge in [0.15, 0.2) is 6.10 Å². The number of rotatable bonds is 7. The van der Waals surface area contributed by atoms with Crippen molar-refractivity contribution >= 4 is 17.5 Å². The summed E-state index contributed by atoms with van der Waals surface area (Å²) in [5.41, 5.74) is 1.54. The van der Waals surface area contributed by atoms with Crippen LogP contribution in [-0.4, -0.2) is 25.7 Å². The van der Waals surface area contributed by atoms with E-state index in [9.17, 15) is 4.79 Å². The van der Waals surface area contributed by atoms with E-state index in [1.54, 1.807) is 26.2 Å². The molecular formula is C19H19ClN2O3. The third kappa shape index (κ3) is 5.40. The lowest BCUT2D eigenvalue weighted by Crippen LogP contribution is -2.37. The molecule has 25 heavy (non-hydrogen) atoms. The second-order valence-corrected chi connectivity index (χ2v) is 5.81. The maximum atomic E-state index is 12.1. The molecule has 2 rings (SSSR count). The minimum atomic E-state index is -0.693. The van der Waals surface area contributed by atoms with Crippen molar-refractivity contribution in [2.24, 2.45) is 0 Å². The van der Waals surface area contributed by atoms with Crippen LogP contribution >= 0.6 is 11.6 Å². The molecule has 0 bridgehead atoms. The van der Waals surface area contributed by atoms with Crippen LogP contribution in [0.5, 0.6) is 11.5 Å². The number of amides is 1. The highest BCUT2D eigenvalue weighted by atomic mass is 35.5. The van der Waals surface area contributed by atoms with E-state index in [1.165, 1.54) is 6.07 Å². The number of hydrogen-bond acceptors (Lipinski definition) is 4. The van der Waals surface area contributed by atoms with E-state index in [0.29, 0.717) is 29.3 Å². The summed E-state index contributed by atoms with van der Waals surface area (Å²) in [4.78, 5) is 12.1. The van der Waals surface area contributed by atoms with E-state index in [1.807, 2.05) is 30.3 Å². The van der Waals surface area contributed by atoms with Crippen molar-refractivity contribution in [3.63, 3.8) is 0 Å². The smallest absolute Gasteiger partial charge is 0.260 e. The average molecular weight is 359 g/mol. The van der Waals surface area contributed by atoms with E-state index in [2.05, 4.69) is 5.32 Å². The third-order valence-electron chi connectivity index (χ3n) is 3.61. The fourth-order valence-electron chi connectivity index (χ4n) is 2.18. The summed E-state index contributed by atoms with van der Waals surface area (Å²) in [6.07, 6.45) is 0.0152. The number of hydrogen-bond donors (Lipinski definition) is 1. The molecule has 0 heterocycles. The minimum Gasteiger partial charge on any atom is -0.497 e. The Kier molecular flexibility index (Phi) is 6.67. The first kappa shape index (κ1) is 18.6. The molecule has 0 spiro atoms. The molecule has 0 aliphatic heterocycles. The van der Waals surface area contributed by atoms with E-state index >= 15 is 0 Å². The predicted molar refractivity (Wildman–Crippen MR) is 96.0 cm³/mol. The summed E-state index contributed by atoms with van der Waals surface area (Å²) in [7, 11) is 1.62. The number of ether oxygens (including phenoxy) is 2. The van der Waals surface area contributed by atoms with Crippen LogP contribution in [-0.2, 0) is 11.2 Å². The Labute approximate surface area is 152 Å². The lowest BCUT2D eigenvalue weighted by molar-refractivity contribution is -0.127. The van der Waals surface area contributed by atoms with Crippen LogP contribution in [0.1, 0.15) is 18.1 Å². The molecule has 130 valence electrons. The molecule has 0 saturated carbocycles. The first-order valence-corrected chi connectivity index (χ1v) is 8.18. The van der Waals surface area contributed by atoms with Crippen molar-refractivity contribution < 1.29 is 14.3 Å². The second kappa shape index (κ2) is 8.95. The van der Waals surface area contributed by atoms with Gasteiger partial charge in [0.1, 0.15) is 11.5 Å². The van der Waals surface area contributed by atoms with E-state index in [0.717, 1.165) is 11.3 Å². The zero-order valence-electron chi connectivity index (χ0n) is 14.1. The molecule has 2 aromatic rings. The molecule has 0 saturated heterocycles. The summed E-state index contributed by atoms with van der Waals surface area (Å²) in [6.45, 7) is 2.15. The lowest BCUT2D eigenvalue weighted by atomic mass is 10.1. The second-order valence-electron chi connectivity index (χ2n) is 5.41. The number of halogens is 1. The molecule has 0 aromatic heterocycles. The monoisotopic (exact) mass is 358 g/mol. The molecule has 0 radical (unpaired) electrons. The molecule has 6 heteroatoms. The quantitative estimate of drug-likeness (QED) is 0.823. The Morgan fingerprint density at radius 2 is 2.00 bits per heavy atom. The third-order valence-corrected chi connectivity index (χ3v) is 3.90. The normalized spacial score (nSPS) is 11.3. The molecule has 0 aliphatic rings. The predicted octanol–water partition coefficient (Wildman–Crippen LogP) is 3.35. The van der Waals surface area contributed by atoms with Gasteiger partial charge in [0, 0.05) is 6.54 Å². The molecule has 0 aliphatic carbocycles. The van der Waals surface area contributed by atoms with Crippen LogP contribution in [0, 0.1) is 11.3 Å². The van der Waals surface area contributed by atoms with Gasteiger partial charge in [0.2, 0.25) is 0 Å². The Balaban J connectivity index is 1.82. The maximum Gasteiger partial charge on any atom is 0.260 e. The Morgan fingerprint density at radius 3 is 2.60 bits per heavy atom. The first-order chi connectivity index (χ1) is 12.0. The van der Waals surface area contributed by atoms with Crippen LogP contribution in [0.15, 0.2) is 42.5 Å². The summed E-state index contributed by atoms with van der Waals surface area (Å²) in [5, 5.41) is 12.0. The number of carbonyl (C=O) groups excluding carboxylic acids is 1. The minimum absolute atomic E-state index is 0.228. The highest BCUT2D eigenvalue weighted by molar-refractivity contribution is 6.32. The number of carbonyl (C=O) groups is 1. The number of nitriles is 1. The van der Waals surface area contributed by atoms with E-state index in [4.69, 9.17) is 26.3 Å². The van der Waals surface area contributed by atoms with Crippen molar-refractivity contribution in [2.75, 3.05) is 13.7 Å². The summed E-state index contributed by atoms with van der Waals surface area (Å²) in [6, 6.07) is 14.4. The van der Waals surface area contributed by atoms with Gasteiger partial charge in [-0.15, -0.1) is 0 Å². The molecule has 0 fully saturated rings. The Bertz CT molecular complexity index is 769. The molecule has 5 nitrogen and oxygen atoms in total. The topological polar surface area (TPSA) is 71.3 Å². The molecule has 1 amide bonds. The standard InChI is InChI=1S/C19H19ClN2O3/c1-13(25-18-8-5-15(12-21)11-17(18)20)19(23)22-10-9-14-3-6-16(24-2)7-4-14/h3-8,11,13H,9-10H2,1-2H3,(H,22,23)/t13-/m0/s1. The van der Waals surface area contributed by atoms with Gasteiger partial charge in [0.25, 0.3) is 5.91 Å². The zero-order chi connectivity index (χ0) is 18.2. The SMILES string of the molecule is COc1ccc(CCNC(=O)[C@H](C)Oc2ccc(C#N)cc2Cl)cc1. The van der Waals surface area contributed by atoms with Crippen LogP contribution in [0.4, 0.5) is 0 Å². The Morgan fingerprint density at radius 1 is 1.28 bits per heavy atom. The van der Waals surface area contributed by atoms with Gasteiger partial charge in [-0.1, -0.05) is 23.7 Å². The van der Waals surface area contributed by atoms with E-state index < -0.39 is 6.10 Å². The van der Waals surface area contributed by atoms with Gasteiger partial charge < -0.3 is 14.8 Å². The number of methoxy groups -OCH3 is 1. The average Bonchev–Trinajstić information content (AvgIpc) is 2.63. The van der Waals surface area contributed by atoms with Crippen molar-refractivity contribution in [2.45, 2.75) is 19.4 Å². The molecule has 0 unspecified atom stereocenters. The lowest BCUT2D eigenvalue weighted by Gasteiger charge is -2.15. The molecule has 2 aromatic carbocycles. The van der Waals surface area contributed by atoms with Crippen molar-refractivity contribution in [3.8, 4) is 17.6 Å². The highest BCUT2D eigenvalue weighted by Crippen LogP contribution is 2.26. The fraction of sp³-hybridized carbons (Fsp3) is 0.263. The van der Waals surface area contributed by atoms with Gasteiger partial charge in [-0.25, -0.2) is 0 Å². The fourth-order valence-corrected chi connectivity index (χ4v) is 2.40. The maximum absolute atomic E-state index is 12.1. The molecule has 1 N–H and O–H groups in total. The van der Waals surface area contributed by atoms with E-state index in [-0.39, 0.29) is 5.91 Å². The molecular weight excluding hydrogens is 340 g/mol. The number of benzene rings is 2. The number of nitrogens with one attached hydrogen (secondary N) is 1. The summed E-state index contributed by atoms with van der Waals surface area (Å²) in [5.74, 6) is 0.946. The van der Waals surface area contributed by atoms with Gasteiger partial charge in [0.05, 0.1) is 23.8 Å². The van der Waals surface area contributed by atoms with Crippen LogP contribution in [0.2, 0.25) is 5.02 Å². The highest BCUT2D eigenvalue weighted by Gasteiger charge is 2.15. The Hall–Kier alpha value is -2.71. The summed E-state index contributed by atoms with van der Waals surface area (Å²) >= 11 is 6.05. The summed E-state index contributed by atoms with van der Waals surface area (Å²) < 4.78 is 10.7. The van der Waals surface area contributed by atoms with Crippen LogP contribution in [0.25, 0.3) is 0 Å².